The van der Waals surface area contributed by atoms with Crippen LogP contribution in [-0.2, 0) is 9.59 Å². The zero-order valence-electron chi connectivity index (χ0n) is 7.12. The third kappa shape index (κ3) is 1.75. The topological polar surface area (TPSA) is 57.6 Å². The van der Waals surface area contributed by atoms with Gasteiger partial charge in [0.15, 0.2) is 0 Å². The molecule has 1 unspecified atom stereocenters. The monoisotopic (exact) mass is 171 g/mol. The molecule has 4 nitrogen and oxygen atoms in total. The number of piperidine rings is 1. The summed E-state index contributed by atoms with van der Waals surface area (Å²) in [5, 5.41) is 8.46. The molecule has 0 aromatic heterocycles. The second kappa shape index (κ2) is 3.56. The SMILES string of the molecule is CC1CCCCN1C(=O)C(=O)O. The van der Waals surface area contributed by atoms with Gasteiger partial charge in [-0.15, -0.1) is 0 Å². The van der Waals surface area contributed by atoms with Gasteiger partial charge in [-0.25, -0.2) is 4.79 Å². The van der Waals surface area contributed by atoms with Gasteiger partial charge in [-0.1, -0.05) is 0 Å². The molecule has 1 amide bonds. The number of hydrogen-bond donors (Lipinski definition) is 1. The second-order valence-corrected chi connectivity index (χ2v) is 3.15. The molecule has 1 saturated heterocycles. The van der Waals surface area contributed by atoms with E-state index in [1.165, 1.54) is 4.90 Å². The van der Waals surface area contributed by atoms with Crippen LogP contribution in [0.25, 0.3) is 0 Å². The van der Waals surface area contributed by atoms with Crippen LogP contribution in [0.15, 0.2) is 0 Å². The Morgan fingerprint density at radius 2 is 2.08 bits per heavy atom. The van der Waals surface area contributed by atoms with Crippen molar-refractivity contribution >= 4 is 11.9 Å². The summed E-state index contributed by atoms with van der Waals surface area (Å²) in [4.78, 5) is 22.8. The van der Waals surface area contributed by atoms with Gasteiger partial charge in [0, 0.05) is 12.6 Å². The summed E-state index contributed by atoms with van der Waals surface area (Å²) in [6.07, 6.45) is 2.92. The van der Waals surface area contributed by atoms with Crippen molar-refractivity contribution in [3.05, 3.63) is 0 Å². The molecule has 1 aliphatic rings. The molecule has 0 bridgehead atoms. The number of amides is 1. The molecule has 0 aliphatic carbocycles. The zero-order chi connectivity index (χ0) is 9.14. The van der Waals surface area contributed by atoms with Crippen LogP contribution < -0.4 is 0 Å². The fourth-order valence-corrected chi connectivity index (χ4v) is 1.52. The van der Waals surface area contributed by atoms with Gasteiger partial charge in [0.1, 0.15) is 0 Å². The molecule has 0 radical (unpaired) electrons. The van der Waals surface area contributed by atoms with E-state index in [1.54, 1.807) is 0 Å². The van der Waals surface area contributed by atoms with Gasteiger partial charge in [0.2, 0.25) is 0 Å². The first-order valence-electron chi connectivity index (χ1n) is 4.17. The number of likely N-dealkylation sites (tertiary alicyclic amines) is 1. The second-order valence-electron chi connectivity index (χ2n) is 3.15. The van der Waals surface area contributed by atoms with Crippen LogP contribution in [0.2, 0.25) is 0 Å². The lowest BCUT2D eigenvalue weighted by Gasteiger charge is -2.31. The first-order valence-corrected chi connectivity index (χ1v) is 4.17. The van der Waals surface area contributed by atoms with E-state index in [-0.39, 0.29) is 6.04 Å². The summed E-state index contributed by atoms with van der Waals surface area (Å²) in [6.45, 7) is 2.48. The van der Waals surface area contributed by atoms with Crippen molar-refractivity contribution in [2.45, 2.75) is 32.2 Å². The minimum absolute atomic E-state index is 0.0855. The third-order valence-corrected chi connectivity index (χ3v) is 2.25. The number of rotatable bonds is 0. The number of carbonyl (C=O) groups is 2. The fourth-order valence-electron chi connectivity index (χ4n) is 1.52. The van der Waals surface area contributed by atoms with E-state index in [9.17, 15) is 9.59 Å². The number of nitrogens with zero attached hydrogens (tertiary/aromatic N) is 1. The van der Waals surface area contributed by atoms with Gasteiger partial charge >= 0.3 is 11.9 Å². The Hall–Kier alpha value is -1.06. The molecular weight excluding hydrogens is 158 g/mol. The van der Waals surface area contributed by atoms with Gasteiger partial charge in [0.25, 0.3) is 0 Å². The summed E-state index contributed by atoms with van der Waals surface area (Å²) in [5.74, 6) is -2.11. The van der Waals surface area contributed by atoms with Crippen molar-refractivity contribution in [3.63, 3.8) is 0 Å². The lowest BCUT2D eigenvalue weighted by atomic mass is 10.0. The maximum atomic E-state index is 11.0. The smallest absolute Gasteiger partial charge is 0.394 e. The Kier molecular flexibility index (Phi) is 2.68. The van der Waals surface area contributed by atoms with Gasteiger partial charge < -0.3 is 10.0 Å². The van der Waals surface area contributed by atoms with Crippen molar-refractivity contribution in [2.75, 3.05) is 6.54 Å². The molecule has 1 atom stereocenters. The summed E-state index contributed by atoms with van der Waals surface area (Å²) in [5.41, 5.74) is 0. The molecule has 0 aromatic carbocycles. The highest BCUT2D eigenvalue weighted by Crippen LogP contribution is 2.16. The van der Waals surface area contributed by atoms with E-state index >= 15 is 0 Å². The van der Waals surface area contributed by atoms with Crippen molar-refractivity contribution < 1.29 is 14.7 Å². The van der Waals surface area contributed by atoms with Crippen LogP contribution in [0.4, 0.5) is 0 Å². The minimum Gasteiger partial charge on any atom is -0.474 e. The fraction of sp³-hybridized carbons (Fsp3) is 0.750. The summed E-state index contributed by atoms with van der Waals surface area (Å²) < 4.78 is 0. The lowest BCUT2D eigenvalue weighted by molar-refractivity contribution is -0.157. The number of carboxylic acid groups (broad SMARTS) is 1. The Balaban J connectivity index is 2.59. The Morgan fingerprint density at radius 3 is 2.58 bits per heavy atom. The molecule has 0 saturated carbocycles. The molecule has 12 heavy (non-hydrogen) atoms. The molecule has 4 heteroatoms. The average molecular weight is 171 g/mol. The van der Waals surface area contributed by atoms with Crippen molar-refractivity contribution in [1.82, 2.24) is 4.90 Å². The molecule has 68 valence electrons. The molecule has 1 fully saturated rings. The van der Waals surface area contributed by atoms with Crippen molar-refractivity contribution in [2.24, 2.45) is 0 Å². The normalized spacial score (nSPS) is 23.8. The molecule has 1 aliphatic heterocycles. The zero-order valence-corrected chi connectivity index (χ0v) is 7.12. The van der Waals surface area contributed by atoms with E-state index < -0.39 is 11.9 Å². The predicted octanol–water partition coefficient (Wildman–Crippen LogP) is 0.472. The first kappa shape index (κ1) is 9.03. The van der Waals surface area contributed by atoms with Crippen molar-refractivity contribution in [3.8, 4) is 0 Å². The third-order valence-electron chi connectivity index (χ3n) is 2.25. The van der Waals surface area contributed by atoms with Gasteiger partial charge in [-0.3, -0.25) is 4.79 Å². The van der Waals surface area contributed by atoms with Gasteiger partial charge in [-0.2, -0.15) is 0 Å². The number of hydrogen-bond acceptors (Lipinski definition) is 2. The summed E-state index contributed by atoms with van der Waals surface area (Å²) >= 11 is 0. The van der Waals surface area contributed by atoms with E-state index in [2.05, 4.69) is 0 Å². The van der Waals surface area contributed by atoms with Crippen LogP contribution in [-0.4, -0.2) is 34.5 Å². The van der Waals surface area contributed by atoms with E-state index in [0.29, 0.717) is 6.54 Å². The first-order chi connectivity index (χ1) is 5.63. The number of carboxylic acids is 1. The average Bonchev–Trinajstić information content (AvgIpc) is 2.04. The highest BCUT2D eigenvalue weighted by Gasteiger charge is 2.27. The highest BCUT2D eigenvalue weighted by atomic mass is 16.4. The van der Waals surface area contributed by atoms with Crippen LogP contribution >= 0.6 is 0 Å². The predicted molar refractivity (Wildman–Crippen MR) is 42.7 cm³/mol. The maximum absolute atomic E-state index is 11.0. The molecule has 1 N–H and O–H groups in total. The standard InChI is InChI=1S/C8H13NO3/c1-6-4-2-3-5-9(6)7(10)8(11)12/h6H,2-5H2,1H3,(H,11,12). The number of carbonyl (C=O) groups excluding carboxylic acids is 1. The maximum Gasteiger partial charge on any atom is 0.394 e. The quantitative estimate of drug-likeness (QED) is 0.539. The largest absolute Gasteiger partial charge is 0.474 e. The highest BCUT2D eigenvalue weighted by molar-refractivity contribution is 6.31. The number of aliphatic carboxylic acids is 1. The van der Waals surface area contributed by atoms with Gasteiger partial charge in [0.05, 0.1) is 0 Å². The van der Waals surface area contributed by atoms with E-state index in [0.717, 1.165) is 19.3 Å². The molecule has 0 aromatic rings. The van der Waals surface area contributed by atoms with Crippen LogP contribution in [0.5, 0.6) is 0 Å². The molecule has 1 heterocycles. The van der Waals surface area contributed by atoms with Gasteiger partial charge in [-0.05, 0) is 26.2 Å². The van der Waals surface area contributed by atoms with Crippen LogP contribution in [0.1, 0.15) is 26.2 Å². The summed E-state index contributed by atoms with van der Waals surface area (Å²) in [7, 11) is 0. The minimum atomic E-state index is -1.34. The van der Waals surface area contributed by atoms with Crippen molar-refractivity contribution in [1.29, 1.82) is 0 Å². The van der Waals surface area contributed by atoms with E-state index in [1.807, 2.05) is 6.92 Å². The van der Waals surface area contributed by atoms with Crippen LogP contribution in [0.3, 0.4) is 0 Å². The van der Waals surface area contributed by atoms with E-state index in [4.69, 9.17) is 5.11 Å². The summed E-state index contributed by atoms with van der Waals surface area (Å²) in [6, 6.07) is 0.0855. The molecular formula is C8H13NO3. The van der Waals surface area contributed by atoms with Crippen LogP contribution in [0, 0.1) is 0 Å². The Labute approximate surface area is 71.2 Å². The molecule has 1 rings (SSSR count). The molecule has 0 spiro atoms. The Bertz CT molecular complexity index is 202. The Morgan fingerprint density at radius 1 is 1.42 bits per heavy atom. The lowest BCUT2D eigenvalue weighted by Crippen LogP contribution is -2.45.